The van der Waals surface area contributed by atoms with E-state index >= 15 is 0 Å². The summed E-state index contributed by atoms with van der Waals surface area (Å²) in [6.07, 6.45) is 0.206. The lowest BCUT2D eigenvalue weighted by atomic mass is 10.0. The predicted octanol–water partition coefficient (Wildman–Crippen LogP) is 2.13. The van der Waals surface area contributed by atoms with Crippen LogP contribution in [0.25, 0.3) is 0 Å². The van der Waals surface area contributed by atoms with Crippen molar-refractivity contribution in [3.63, 3.8) is 0 Å². The molecule has 1 aromatic carbocycles. The smallest absolute Gasteiger partial charge is 0.221 e. The number of benzene rings is 1. The van der Waals surface area contributed by atoms with Crippen LogP contribution in [0.4, 0.5) is 0 Å². The highest BCUT2D eigenvalue weighted by molar-refractivity contribution is 6.35. The van der Waals surface area contributed by atoms with Crippen LogP contribution < -0.4 is 11.1 Å². The van der Waals surface area contributed by atoms with Gasteiger partial charge in [0.25, 0.3) is 0 Å². The zero-order chi connectivity index (χ0) is 11.4. The molecule has 0 aliphatic rings. The highest BCUT2D eigenvalue weighted by Crippen LogP contribution is 2.26. The van der Waals surface area contributed by atoms with Crippen LogP contribution in [0.15, 0.2) is 18.2 Å². The third-order valence-corrected chi connectivity index (χ3v) is 2.61. The Labute approximate surface area is 98.5 Å². The zero-order valence-electron chi connectivity index (χ0n) is 8.26. The van der Waals surface area contributed by atoms with Crippen molar-refractivity contribution in [2.24, 2.45) is 5.73 Å². The first kappa shape index (κ1) is 12.3. The molecule has 3 nitrogen and oxygen atoms in total. The monoisotopic (exact) mass is 246 g/mol. The minimum absolute atomic E-state index is 0.117. The van der Waals surface area contributed by atoms with Gasteiger partial charge in [-0.1, -0.05) is 29.3 Å². The third kappa shape index (κ3) is 3.38. The van der Waals surface area contributed by atoms with Crippen LogP contribution in [0.3, 0.4) is 0 Å². The fraction of sp³-hybridized carbons (Fsp3) is 0.300. The Morgan fingerprint density at radius 2 is 2.20 bits per heavy atom. The van der Waals surface area contributed by atoms with Crippen molar-refractivity contribution in [3.05, 3.63) is 33.8 Å². The van der Waals surface area contributed by atoms with E-state index in [1.165, 1.54) is 0 Å². The average Bonchev–Trinajstić information content (AvgIpc) is 2.17. The molecule has 0 aromatic heterocycles. The van der Waals surface area contributed by atoms with E-state index in [1.807, 2.05) is 0 Å². The summed E-state index contributed by atoms with van der Waals surface area (Å²) in [6.45, 7) is 0. The van der Waals surface area contributed by atoms with Gasteiger partial charge in [0.15, 0.2) is 0 Å². The predicted molar refractivity (Wildman–Crippen MR) is 62.1 cm³/mol. The fourth-order valence-corrected chi connectivity index (χ4v) is 1.76. The fourth-order valence-electron chi connectivity index (χ4n) is 1.21. The van der Waals surface area contributed by atoms with Crippen LogP contribution in [0, 0.1) is 0 Å². The zero-order valence-corrected chi connectivity index (χ0v) is 9.77. The number of halogens is 2. The van der Waals surface area contributed by atoms with Gasteiger partial charge in [-0.2, -0.15) is 0 Å². The van der Waals surface area contributed by atoms with E-state index in [0.717, 1.165) is 5.56 Å². The molecule has 0 saturated heterocycles. The number of hydrogen-bond donors (Lipinski definition) is 2. The summed E-state index contributed by atoms with van der Waals surface area (Å²) in [7, 11) is 1.57. The van der Waals surface area contributed by atoms with Gasteiger partial charge in [0.1, 0.15) is 0 Å². The van der Waals surface area contributed by atoms with Crippen LogP contribution in [0.5, 0.6) is 0 Å². The molecular weight excluding hydrogens is 235 g/mol. The van der Waals surface area contributed by atoms with E-state index < -0.39 is 6.04 Å². The third-order valence-electron chi connectivity index (χ3n) is 2.05. The molecule has 0 bridgehead atoms. The minimum atomic E-state index is -0.408. The molecule has 0 heterocycles. The molecule has 0 radical (unpaired) electrons. The molecule has 1 rings (SSSR count). The largest absolute Gasteiger partial charge is 0.359 e. The molecule has 1 aromatic rings. The van der Waals surface area contributed by atoms with Gasteiger partial charge in [-0.25, -0.2) is 0 Å². The molecule has 1 atom stereocenters. The van der Waals surface area contributed by atoms with Crippen molar-refractivity contribution in [2.75, 3.05) is 7.05 Å². The molecule has 0 fully saturated rings. The van der Waals surface area contributed by atoms with Crippen LogP contribution >= 0.6 is 23.2 Å². The summed E-state index contributed by atoms with van der Waals surface area (Å²) in [4.78, 5) is 11.1. The Kier molecular flexibility index (Phi) is 4.39. The Morgan fingerprint density at radius 3 is 2.73 bits per heavy atom. The number of nitrogens with two attached hydrogens (primary N) is 1. The normalized spacial score (nSPS) is 12.3. The summed E-state index contributed by atoms with van der Waals surface area (Å²) < 4.78 is 0. The number of carbonyl (C=O) groups is 1. The second-order valence-corrected chi connectivity index (χ2v) is 3.99. The van der Waals surface area contributed by atoms with Gasteiger partial charge in [-0.05, 0) is 17.7 Å². The van der Waals surface area contributed by atoms with E-state index in [0.29, 0.717) is 10.0 Å². The quantitative estimate of drug-likeness (QED) is 0.859. The first-order valence-corrected chi connectivity index (χ1v) is 5.21. The van der Waals surface area contributed by atoms with Crippen molar-refractivity contribution in [1.82, 2.24) is 5.32 Å². The maximum atomic E-state index is 11.1. The summed E-state index contributed by atoms with van der Waals surface area (Å²) in [5.41, 5.74) is 6.56. The maximum absolute atomic E-state index is 11.1. The summed E-state index contributed by atoms with van der Waals surface area (Å²) >= 11 is 11.7. The Morgan fingerprint density at radius 1 is 1.53 bits per heavy atom. The van der Waals surface area contributed by atoms with Crippen molar-refractivity contribution >= 4 is 29.1 Å². The van der Waals surface area contributed by atoms with Gasteiger partial charge in [0.05, 0.1) is 0 Å². The number of nitrogens with one attached hydrogen (secondary N) is 1. The lowest BCUT2D eigenvalue weighted by molar-refractivity contribution is -0.120. The second kappa shape index (κ2) is 5.35. The first-order chi connectivity index (χ1) is 7.04. The molecule has 0 aliphatic heterocycles. The average molecular weight is 247 g/mol. The molecule has 0 spiro atoms. The van der Waals surface area contributed by atoms with Crippen molar-refractivity contribution in [1.29, 1.82) is 0 Å². The van der Waals surface area contributed by atoms with Gasteiger partial charge in [0, 0.05) is 29.6 Å². The molecule has 1 unspecified atom stereocenters. The van der Waals surface area contributed by atoms with Crippen molar-refractivity contribution in [2.45, 2.75) is 12.5 Å². The molecule has 1 amide bonds. The Balaban J connectivity index is 2.82. The van der Waals surface area contributed by atoms with E-state index in [9.17, 15) is 4.79 Å². The molecular formula is C10H12Cl2N2O. The molecule has 82 valence electrons. The van der Waals surface area contributed by atoms with Gasteiger partial charge >= 0.3 is 0 Å². The Hall–Kier alpha value is -0.770. The standard InChI is InChI=1S/C10H12Cl2N2O/c1-14-10(15)5-9(13)7-3-2-6(11)4-8(7)12/h2-4,9H,5,13H2,1H3,(H,14,15). The number of rotatable bonds is 3. The van der Waals surface area contributed by atoms with E-state index in [2.05, 4.69) is 5.32 Å². The second-order valence-electron chi connectivity index (χ2n) is 3.15. The highest BCUT2D eigenvalue weighted by atomic mass is 35.5. The Bertz CT molecular complexity index is 368. The van der Waals surface area contributed by atoms with Gasteiger partial charge < -0.3 is 11.1 Å². The molecule has 0 aliphatic carbocycles. The molecule has 3 N–H and O–H groups in total. The van der Waals surface area contributed by atoms with Crippen LogP contribution in [-0.2, 0) is 4.79 Å². The summed E-state index contributed by atoms with van der Waals surface area (Å²) in [6, 6.07) is 4.64. The van der Waals surface area contributed by atoms with E-state index in [1.54, 1.807) is 25.2 Å². The van der Waals surface area contributed by atoms with E-state index in [-0.39, 0.29) is 12.3 Å². The molecule has 15 heavy (non-hydrogen) atoms. The number of hydrogen-bond acceptors (Lipinski definition) is 2. The number of carbonyl (C=O) groups excluding carboxylic acids is 1. The van der Waals surface area contributed by atoms with Crippen LogP contribution in [0.1, 0.15) is 18.0 Å². The topological polar surface area (TPSA) is 55.1 Å². The summed E-state index contributed by atoms with van der Waals surface area (Å²) in [5.74, 6) is -0.117. The number of amides is 1. The molecule has 5 heteroatoms. The van der Waals surface area contributed by atoms with Crippen LogP contribution in [-0.4, -0.2) is 13.0 Å². The lowest BCUT2D eigenvalue weighted by Crippen LogP contribution is -2.24. The highest BCUT2D eigenvalue weighted by Gasteiger charge is 2.13. The van der Waals surface area contributed by atoms with Gasteiger partial charge in [-0.3, -0.25) is 4.79 Å². The summed E-state index contributed by atoms with van der Waals surface area (Å²) in [5, 5.41) is 3.55. The SMILES string of the molecule is CNC(=O)CC(N)c1ccc(Cl)cc1Cl. The van der Waals surface area contributed by atoms with Crippen molar-refractivity contribution < 1.29 is 4.79 Å². The van der Waals surface area contributed by atoms with Gasteiger partial charge in [0.2, 0.25) is 5.91 Å². The van der Waals surface area contributed by atoms with Gasteiger partial charge in [-0.15, -0.1) is 0 Å². The first-order valence-electron chi connectivity index (χ1n) is 4.45. The lowest BCUT2D eigenvalue weighted by Gasteiger charge is -2.12. The minimum Gasteiger partial charge on any atom is -0.359 e. The molecule has 0 saturated carbocycles. The maximum Gasteiger partial charge on any atom is 0.221 e. The van der Waals surface area contributed by atoms with Crippen LogP contribution in [0.2, 0.25) is 10.0 Å². The van der Waals surface area contributed by atoms with Crippen molar-refractivity contribution in [3.8, 4) is 0 Å². The van der Waals surface area contributed by atoms with E-state index in [4.69, 9.17) is 28.9 Å².